The molecule has 0 unspecified atom stereocenters. The number of halogens is 2. The van der Waals surface area contributed by atoms with Crippen molar-refractivity contribution in [3.63, 3.8) is 0 Å². The number of ether oxygens (including phenoxy) is 1. The van der Waals surface area contributed by atoms with Crippen LogP contribution in [-0.4, -0.2) is 11.2 Å². The van der Waals surface area contributed by atoms with Crippen molar-refractivity contribution < 1.29 is 13.5 Å². The topological polar surface area (TPSA) is 14.2 Å². The molecule has 0 N–H and O–H groups in total. The maximum absolute atomic E-state index is 13.2. The van der Waals surface area contributed by atoms with Crippen LogP contribution in [0.2, 0.25) is 0 Å². The number of nitrogens with zero attached hydrogens (tertiary/aromatic N) is 1. The SMILES string of the molecule is CCOc1ccc2c(ccn2Cc2cc(F)cc(F)c2)c1. The van der Waals surface area contributed by atoms with Crippen LogP contribution >= 0.6 is 0 Å². The quantitative estimate of drug-likeness (QED) is 0.695. The average Bonchev–Trinajstić information content (AvgIpc) is 2.80. The molecule has 3 aromatic rings. The number of fused-ring (bicyclic) bond motifs is 1. The van der Waals surface area contributed by atoms with Gasteiger partial charge in [0.15, 0.2) is 0 Å². The highest BCUT2D eigenvalue weighted by atomic mass is 19.1. The summed E-state index contributed by atoms with van der Waals surface area (Å²) in [6, 6.07) is 11.4. The Morgan fingerprint density at radius 3 is 2.48 bits per heavy atom. The summed E-state index contributed by atoms with van der Waals surface area (Å²) in [5.41, 5.74) is 1.60. The fourth-order valence-electron chi connectivity index (χ4n) is 2.47. The third kappa shape index (κ3) is 2.89. The molecule has 2 nitrogen and oxygen atoms in total. The van der Waals surface area contributed by atoms with E-state index in [9.17, 15) is 8.78 Å². The summed E-state index contributed by atoms with van der Waals surface area (Å²) in [6.45, 7) is 2.98. The van der Waals surface area contributed by atoms with E-state index in [1.54, 1.807) is 0 Å². The number of hydrogen-bond acceptors (Lipinski definition) is 1. The summed E-state index contributed by atoms with van der Waals surface area (Å²) in [4.78, 5) is 0. The Kier molecular flexibility index (Phi) is 3.60. The van der Waals surface area contributed by atoms with Crippen molar-refractivity contribution >= 4 is 10.9 Å². The summed E-state index contributed by atoms with van der Waals surface area (Å²) in [7, 11) is 0. The average molecular weight is 287 g/mol. The Morgan fingerprint density at radius 1 is 1.00 bits per heavy atom. The van der Waals surface area contributed by atoms with E-state index in [0.29, 0.717) is 18.7 Å². The van der Waals surface area contributed by atoms with Gasteiger partial charge in [-0.1, -0.05) is 0 Å². The minimum atomic E-state index is -0.555. The fourth-order valence-corrected chi connectivity index (χ4v) is 2.47. The summed E-state index contributed by atoms with van der Waals surface area (Å²) >= 11 is 0. The van der Waals surface area contributed by atoms with Crippen LogP contribution in [-0.2, 0) is 6.54 Å². The van der Waals surface area contributed by atoms with Crippen LogP contribution in [0.1, 0.15) is 12.5 Å². The Balaban J connectivity index is 1.93. The molecule has 4 heteroatoms. The van der Waals surface area contributed by atoms with Gasteiger partial charge < -0.3 is 9.30 Å². The van der Waals surface area contributed by atoms with Crippen molar-refractivity contribution in [3.8, 4) is 5.75 Å². The van der Waals surface area contributed by atoms with Gasteiger partial charge in [0, 0.05) is 29.7 Å². The van der Waals surface area contributed by atoms with E-state index in [1.165, 1.54) is 12.1 Å². The molecule has 0 saturated heterocycles. The van der Waals surface area contributed by atoms with Crippen molar-refractivity contribution in [1.29, 1.82) is 0 Å². The highest BCUT2D eigenvalue weighted by Crippen LogP contribution is 2.23. The molecular weight excluding hydrogens is 272 g/mol. The van der Waals surface area contributed by atoms with Crippen molar-refractivity contribution in [2.24, 2.45) is 0 Å². The number of rotatable bonds is 4. The van der Waals surface area contributed by atoms with Crippen LogP contribution in [0.3, 0.4) is 0 Å². The minimum absolute atomic E-state index is 0.423. The van der Waals surface area contributed by atoms with Crippen LogP contribution in [0.4, 0.5) is 8.78 Å². The predicted molar refractivity (Wildman–Crippen MR) is 78.6 cm³/mol. The van der Waals surface area contributed by atoms with Gasteiger partial charge in [-0.05, 0) is 48.9 Å². The summed E-state index contributed by atoms with van der Waals surface area (Å²) < 4.78 is 33.9. The van der Waals surface area contributed by atoms with E-state index in [4.69, 9.17) is 4.74 Å². The lowest BCUT2D eigenvalue weighted by Gasteiger charge is -2.07. The van der Waals surface area contributed by atoms with E-state index in [-0.39, 0.29) is 0 Å². The van der Waals surface area contributed by atoms with Gasteiger partial charge in [-0.2, -0.15) is 0 Å². The Labute approximate surface area is 121 Å². The lowest BCUT2D eigenvalue weighted by Crippen LogP contribution is -1.99. The Morgan fingerprint density at radius 2 is 1.76 bits per heavy atom. The molecule has 2 aromatic carbocycles. The van der Waals surface area contributed by atoms with Gasteiger partial charge in [-0.25, -0.2) is 8.78 Å². The van der Waals surface area contributed by atoms with Crippen LogP contribution < -0.4 is 4.74 Å². The largest absolute Gasteiger partial charge is 0.494 e. The molecule has 0 spiro atoms. The third-order valence-corrected chi connectivity index (χ3v) is 3.33. The first-order chi connectivity index (χ1) is 10.2. The molecule has 0 bridgehead atoms. The van der Waals surface area contributed by atoms with Crippen molar-refractivity contribution in [3.05, 3.63) is 65.9 Å². The molecule has 1 aromatic heterocycles. The number of hydrogen-bond donors (Lipinski definition) is 0. The molecular formula is C17H15F2NO. The Bertz CT molecular complexity index is 759. The van der Waals surface area contributed by atoms with E-state index in [0.717, 1.165) is 22.7 Å². The molecule has 0 aliphatic rings. The smallest absolute Gasteiger partial charge is 0.126 e. The second-order valence-electron chi connectivity index (χ2n) is 4.87. The first-order valence-corrected chi connectivity index (χ1v) is 6.82. The Hall–Kier alpha value is -2.36. The van der Waals surface area contributed by atoms with Crippen molar-refractivity contribution in [2.75, 3.05) is 6.61 Å². The summed E-state index contributed by atoms with van der Waals surface area (Å²) in [6.07, 6.45) is 1.91. The van der Waals surface area contributed by atoms with E-state index in [2.05, 4.69) is 0 Å². The molecule has 0 radical (unpaired) electrons. The second kappa shape index (κ2) is 5.56. The van der Waals surface area contributed by atoms with Crippen molar-refractivity contribution in [1.82, 2.24) is 4.57 Å². The lowest BCUT2D eigenvalue weighted by atomic mass is 10.2. The summed E-state index contributed by atoms with van der Waals surface area (Å²) in [5, 5.41) is 1.04. The van der Waals surface area contributed by atoms with Gasteiger partial charge >= 0.3 is 0 Å². The molecule has 0 saturated carbocycles. The van der Waals surface area contributed by atoms with Crippen LogP contribution in [0.5, 0.6) is 5.75 Å². The molecule has 3 rings (SSSR count). The third-order valence-electron chi connectivity index (χ3n) is 3.33. The normalized spacial score (nSPS) is 11.0. The highest BCUT2D eigenvalue weighted by molar-refractivity contribution is 5.81. The first kappa shape index (κ1) is 13.6. The molecule has 0 aliphatic carbocycles. The van der Waals surface area contributed by atoms with Crippen LogP contribution in [0.25, 0.3) is 10.9 Å². The molecule has 0 fully saturated rings. The molecule has 1 heterocycles. The van der Waals surface area contributed by atoms with E-state index in [1.807, 2.05) is 42.0 Å². The zero-order chi connectivity index (χ0) is 14.8. The lowest BCUT2D eigenvalue weighted by molar-refractivity contribution is 0.340. The monoisotopic (exact) mass is 287 g/mol. The molecule has 0 amide bonds. The second-order valence-corrected chi connectivity index (χ2v) is 4.87. The van der Waals surface area contributed by atoms with Crippen molar-refractivity contribution in [2.45, 2.75) is 13.5 Å². The summed E-state index contributed by atoms with van der Waals surface area (Å²) in [5.74, 6) is -0.292. The maximum Gasteiger partial charge on any atom is 0.126 e. The number of benzene rings is 2. The van der Waals surface area contributed by atoms with E-state index < -0.39 is 11.6 Å². The van der Waals surface area contributed by atoms with Gasteiger partial charge in [-0.15, -0.1) is 0 Å². The predicted octanol–water partition coefficient (Wildman–Crippen LogP) is 4.37. The van der Waals surface area contributed by atoms with Gasteiger partial charge in [0.05, 0.1) is 6.61 Å². The van der Waals surface area contributed by atoms with Gasteiger partial charge in [0.25, 0.3) is 0 Å². The molecule has 0 atom stereocenters. The first-order valence-electron chi connectivity index (χ1n) is 6.82. The van der Waals surface area contributed by atoms with Crippen LogP contribution in [0.15, 0.2) is 48.7 Å². The zero-order valence-corrected chi connectivity index (χ0v) is 11.6. The molecule has 0 aliphatic heterocycles. The van der Waals surface area contributed by atoms with Gasteiger partial charge in [0.1, 0.15) is 17.4 Å². The van der Waals surface area contributed by atoms with Crippen LogP contribution in [0, 0.1) is 11.6 Å². The molecule has 108 valence electrons. The fraction of sp³-hybridized carbons (Fsp3) is 0.176. The molecule has 21 heavy (non-hydrogen) atoms. The highest BCUT2D eigenvalue weighted by Gasteiger charge is 2.06. The van der Waals surface area contributed by atoms with Gasteiger partial charge in [-0.3, -0.25) is 0 Å². The zero-order valence-electron chi connectivity index (χ0n) is 11.6. The maximum atomic E-state index is 13.2. The van der Waals surface area contributed by atoms with Gasteiger partial charge in [0.2, 0.25) is 0 Å². The standard InChI is InChI=1S/C17H15F2NO/c1-2-21-16-3-4-17-13(9-16)5-6-20(17)11-12-7-14(18)10-15(19)8-12/h3-10H,2,11H2,1H3. The van der Waals surface area contributed by atoms with E-state index >= 15 is 0 Å². The number of aromatic nitrogens is 1. The minimum Gasteiger partial charge on any atom is -0.494 e.